The van der Waals surface area contributed by atoms with Crippen LogP contribution < -0.4 is 5.32 Å². The molecule has 0 bridgehead atoms. The molecule has 0 unspecified atom stereocenters. The van der Waals surface area contributed by atoms with Crippen LogP contribution in [0, 0.1) is 11.7 Å². The summed E-state index contributed by atoms with van der Waals surface area (Å²) in [5, 5.41) is 3.40. The van der Waals surface area contributed by atoms with Gasteiger partial charge in [-0.15, -0.1) is 11.3 Å². The number of thiophene rings is 1. The summed E-state index contributed by atoms with van der Waals surface area (Å²) < 4.78 is 19.9. The number of carbonyl (C=O) groups excluding carboxylic acids is 1. The molecule has 0 aliphatic carbocycles. The minimum atomic E-state index is -0.308. The summed E-state index contributed by atoms with van der Waals surface area (Å²) in [5.41, 5.74) is 0.637. The van der Waals surface area contributed by atoms with Gasteiger partial charge in [-0.2, -0.15) is 0 Å². The summed E-state index contributed by atoms with van der Waals surface area (Å²) in [6.45, 7) is 5.07. The lowest BCUT2D eigenvalue weighted by atomic mass is 10.1. The first kappa shape index (κ1) is 15.9. The van der Waals surface area contributed by atoms with Gasteiger partial charge in [-0.05, 0) is 24.5 Å². The molecular formula is C16H20FNO2S. The maximum atomic E-state index is 14.0. The Morgan fingerprint density at radius 1 is 1.43 bits per heavy atom. The van der Waals surface area contributed by atoms with Crippen LogP contribution in [0.1, 0.15) is 35.5 Å². The molecule has 5 heteroatoms. The Balaban J connectivity index is 2.32. The molecule has 1 N–H and O–H groups in total. The highest BCUT2D eigenvalue weighted by Crippen LogP contribution is 2.33. The number of hydrogen-bond donors (Lipinski definition) is 1. The van der Waals surface area contributed by atoms with E-state index >= 15 is 0 Å². The molecule has 2 rings (SSSR count). The fraction of sp³-hybridized carbons (Fsp3) is 0.438. The molecule has 0 saturated heterocycles. The van der Waals surface area contributed by atoms with Crippen LogP contribution in [0.2, 0.25) is 0 Å². The zero-order chi connectivity index (χ0) is 15.4. The van der Waals surface area contributed by atoms with Gasteiger partial charge in [0.25, 0.3) is 5.91 Å². The lowest BCUT2D eigenvalue weighted by molar-refractivity contribution is 0.0952. The van der Waals surface area contributed by atoms with Crippen molar-refractivity contribution in [1.82, 2.24) is 5.32 Å². The molecule has 1 heterocycles. The molecule has 0 radical (unpaired) electrons. The van der Waals surface area contributed by atoms with Gasteiger partial charge in [-0.25, -0.2) is 4.39 Å². The van der Waals surface area contributed by atoms with Gasteiger partial charge in [0.15, 0.2) is 0 Å². The summed E-state index contributed by atoms with van der Waals surface area (Å²) in [5.74, 6) is 0.0731. The quantitative estimate of drug-likeness (QED) is 0.877. The predicted octanol–water partition coefficient (Wildman–Crippen LogP) is 3.96. The Morgan fingerprint density at radius 2 is 2.19 bits per heavy atom. The molecule has 0 aliphatic rings. The summed E-state index contributed by atoms with van der Waals surface area (Å²) in [6.07, 6.45) is 0.921. The number of fused-ring (bicyclic) bond motifs is 1. The number of hydrogen-bond acceptors (Lipinski definition) is 3. The van der Waals surface area contributed by atoms with Crippen molar-refractivity contribution in [2.24, 2.45) is 5.92 Å². The second-order valence-electron chi connectivity index (χ2n) is 5.39. The van der Waals surface area contributed by atoms with Crippen molar-refractivity contribution >= 4 is 27.3 Å². The normalized spacial score (nSPS) is 11.3. The first-order valence-corrected chi connectivity index (χ1v) is 7.83. The molecule has 0 aliphatic heterocycles. The van der Waals surface area contributed by atoms with E-state index in [-0.39, 0.29) is 18.3 Å². The van der Waals surface area contributed by atoms with Gasteiger partial charge < -0.3 is 10.1 Å². The molecule has 0 atom stereocenters. The van der Waals surface area contributed by atoms with Crippen LogP contribution in [0.3, 0.4) is 0 Å². The lowest BCUT2D eigenvalue weighted by Gasteiger charge is -2.07. The van der Waals surface area contributed by atoms with Crippen molar-refractivity contribution in [2.45, 2.75) is 26.9 Å². The third-order valence-electron chi connectivity index (χ3n) is 3.27. The van der Waals surface area contributed by atoms with Crippen LogP contribution >= 0.6 is 11.3 Å². The van der Waals surface area contributed by atoms with Crippen molar-refractivity contribution in [3.8, 4) is 0 Å². The summed E-state index contributed by atoms with van der Waals surface area (Å²) >= 11 is 1.31. The Bertz CT molecular complexity index is 636. The third kappa shape index (κ3) is 3.60. The topological polar surface area (TPSA) is 38.3 Å². The summed E-state index contributed by atoms with van der Waals surface area (Å²) in [7, 11) is 1.55. The van der Waals surface area contributed by atoms with E-state index in [1.54, 1.807) is 13.2 Å². The number of amides is 1. The zero-order valence-corrected chi connectivity index (χ0v) is 13.3. The lowest BCUT2D eigenvalue weighted by Crippen LogP contribution is -2.25. The number of ether oxygens (including phenoxy) is 1. The second kappa shape index (κ2) is 7.00. The Morgan fingerprint density at radius 3 is 2.86 bits per heavy atom. The monoisotopic (exact) mass is 309 g/mol. The van der Waals surface area contributed by atoms with E-state index in [0.717, 1.165) is 11.1 Å². The van der Waals surface area contributed by atoms with E-state index in [1.165, 1.54) is 17.4 Å². The van der Waals surface area contributed by atoms with E-state index in [2.05, 4.69) is 19.2 Å². The van der Waals surface area contributed by atoms with Crippen LogP contribution in [-0.4, -0.2) is 19.6 Å². The van der Waals surface area contributed by atoms with E-state index in [1.807, 2.05) is 6.07 Å². The highest BCUT2D eigenvalue weighted by Gasteiger charge is 2.20. The van der Waals surface area contributed by atoms with Crippen LogP contribution in [0.4, 0.5) is 4.39 Å². The van der Waals surface area contributed by atoms with E-state index in [0.29, 0.717) is 28.3 Å². The standard InChI is InChI=1S/C16H20FNO2S/c1-10(2)7-8-18-16(19)15-11(9-20-3)14-12(17)5-4-6-13(14)21-15/h4-6,10H,7-9H2,1-3H3,(H,18,19). The largest absolute Gasteiger partial charge is 0.380 e. The predicted molar refractivity (Wildman–Crippen MR) is 84.3 cm³/mol. The van der Waals surface area contributed by atoms with Crippen LogP contribution in [0.5, 0.6) is 0 Å². The minimum Gasteiger partial charge on any atom is -0.380 e. The Kier molecular flexibility index (Phi) is 5.31. The van der Waals surface area contributed by atoms with Crippen LogP contribution in [0.15, 0.2) is 18.2 Å². The molecule has 3 nitrogen and oxygen atoms in total. The van der Waals surface area contributed by atoms with E-state index in [9.17, 15) is 9.18 Å². The number of methoxy groups -OCH3 is 1. The summed E-state index contributed by atoms with van der Waals surface area (Å²) in [6, 6.07) is 4.90. The minimum absolute atomic E-state index is 0.150. The smallest absolute Gasteiger partial charge is 0.261 e. The van der Waals surface area contributed by atoms with Gasteiger partial charge in [0, 0.05) is 29.3 Å². The maximum absolute atomic E-state index is 14.0. The van der Waals surface area contributed by atoms with E-state index < -0.39 is 0 Å². The molecule has 1 amide bonds. The number of halogens is 1. The molecule has 1 aromatic carbocycles. The average Bonchev–Trinajstić information content (AvgIpc) is 2.79. The van der Waals surface area contributed by atoms with Gasteiger partial charge in [0.1, 0.15) is 5.82 Å². The third-order valence-corrected chi connectivity index (χ3v) is 4.46. The van der Waals surface area contributed by atoms with Crippen LogP contribution in [-0.2, 0) is 11.3 Å². The Hall–Kier alpha value is -1.46. The van der Waals surface area contributed by atoms with Crippen molar-refractivity contribution in [1.29, 1.82) is 0 Å². The first-order valence-electron chi connectivity index (χ1n) is 7.01. The second-order valence-corrected chi connectivity index (χ2v) is 6.45. The van der Waals surface area contributed by atoms with Crippen LogP contribution in [0.25, 0.3) is 10.1 Å². The van der Waals surface area contributed by atoms with Crippen molar-refractivity contribution in [2.75, 3.05) is 13.7 Å². The molecule has 1 aromatic heterocycles. The van der Waals surface area contributed by atoms with Gasteiger partial charge in [-0.3, -0.25) is 4.79 Å². The molecular weight excluding hydrogens is 289 g/mol. The van der Waals surface area contributed by atoms with Gasteiger partial charge in [0.2, 0.25) is 0 Å². The average molecular weight is 309 g/mol. The number of carbonyl (C=O) groups is 1. The molecule has 0 fully saturated rings. The highest BCUT2D eigenvalue weighted by atomic mass is 32.1. The molecule has 0 saturated carbocycles. The van der Waals surface area contributed by atoms with E-state index in [4.69, 9.17) is 4.74 Å². The number of rotatable bonds is 6. The fourth-order valence-electron chi connectivity index (χ4n) is 2.19. The number of nitrogens with one attached hydrogen (secondary N) is 1. The maximum Gasteiger partial charge on any atom is 0.261 e. The molecule has 114 valence electrons. The van der Waals surface area contributed by atoms with Gasteiger partial charge in [0.05, 0.1) is 11.5 Å². The molecule has 0 spiro atoms. The summed E-state index contributed by atoms with van der Waals surface area (Å²) in [4.78, 5) is 12.9. The fourth-order valence-corrected chi connectivity index (χ4v) is 3.33. The van der Waals surface area contributed by atoms with Crippen molar-refractivity contribution < 1.29 is 13.9 Å². The van der Waals surface area contributed by atoms with Crippen molar-refractivity contribution in [3.05, 3.63) is 34.5 Å². The number of benzene rings is 1. The van der Waals surface area contributed by atoms with Gasteiger partial charge in [-0.1, -0.05) is 19.9 Å². The zero-order valence-electron chi connectivity index (χ0n) is 12.5. The van der Waals surface area contributed by atoms with Gasteiger partial charge >= 0.3 is 0 Å². The SMILES string of the molecule is COCc1c(C(=O)NCCC(C)C)sc2cccc(F)c12. The molecule has 21 heavy (non-hydrogen) atoms. The first-order chi connectivity index (χ1) is 10.0. The highest BCUT2D eigenvalue weighted by molar-refractivity contribution is 7.21. The molecule has 2 aromatic rings. The van der Waals surface area contributed by atoms with Crippen molar-refractivity contribution in [3.63, 3.8) is 0 Å². The Labute approximate surface area is 128 Å².